The molecule has 1 saturated heterocycles. The second-order valence-electron chi connectivity index (χ2n) is 4.99. The number of epoxide rings is 1. The van der Waals surface area contributed by atoms with Gasteiger partial charge in [-0.15, -0.1) is 0 Å². The van der Waals surface area contributed by atoms with Gasteiger partial charge in [0.15, 0.2) is 0 Å². The first kappa shape index (κ1) is 13.7. The van der Waals surface area contributed by atoms with Crippen LogP contribution >= 0.6 is 0 Å². The molecule has 3 N–H and O–H groups in total. The summed E-state index contributed by atoms with van der Waals surface area (Å²) in [7, 11) is 0. The van der Waals surface area contributed by atoms with Gasteiger partial charge in [0.2, 0.25) is 0 Å². The van der Waals surface area contributed by atoms with Crippen molar-refractivity contribution >= 4 is 0 Å². The van der Waals surface area contributed by atoms with Crippen molar-refractivity contribution in [1.82, 2.24) is 0 Å². The van der Waals surface area contributed by atoms with E-state index in [4.69, 9.17) is 4.74 Å². The smallest absolute Gasteiger partial charge is 0.117 e. The van der Waals surface area contributed by atoms with E-state index in [0.717, 1.165) is 12.8 Å². The van der Waals surface area contributed by atoms with Crippen molar-refractivity contribution in [2.75, 3.05) is 6.61 Å². The molecule has 0 aromatic rings. The first-order valence-electron chi connectivity index (χ1n) is 6.72. The zero-order valence-electron chi connectivity index (χ0n) is 10.7. The van der Waals surface area contributed by atoms with E-state index in [1.165, 1.54) is 12.8 Å². The maximum absolute atomic E-state index is 10.0. The molecule has 1 fully saturated rings. The molecule has 102 valence electrons. The van der Waals surface area contributed by atoms with Crippen LogP contribution in [0.15, 0.2) is 23.3 Å². The number of rotatable bonds is 6. The van der Waals surface area contributed by atoms with Crippen LogP contribution < -0.4 is 0 Å². The Labute approximate surface area is 108 Å². The van der Waals surface area contributed by atoms with Crippen molar-refractivity contribution in [3.8, 4) is 0 Å². The molecular weight excluding hydrogens is 232 g/mol. The predicted octanol–water partition coefficient (Wildman–Crippen LogP) is 0.915. The maximum atomic E-state index is 10.0. The molecule has 0 aromatic heterocycles. The monoisotopic (exact) mass is 254 g/mol. The Hall–Kier alpha value is -0.680. The molecule has 0 spiro atoms. The Morgan fingerprint density at radius 1 is 1.17 bits per heavy atom. The highest BCUT2D eigenvalue weighted by molar-refractivity contribution is 5.39. The van der Waals surface area contributed by atoms with Crippen molar-refractivity contribution in [3.63, 3.8) is 0 Å². The van der Waals surface area contributed by atoms with E-state index in [1.807, 2.05) is 12.2 Å². The van der Waals surface area contributed by atoms with Gasteiger partial charge in [-0.05, 0) is 24.0 Å². The first-order chi connectivity index (χ1) is 8.70. The average Bonchev–Trinajstić information content (AvgIpc) is 3.15. The minimum Gasteiger partial charge on any atom is -0.392 e. The molecule has 1 aliphatic carbocycles. The zero-order chi connectivity index (χ0) is 13.1. The summed E-state index contributed by atoms with van der Waals surface area (Å²) in [6, 6.07) is 0. The van der Waals surface area contributed by atoms with Crippen molar-refractivity contribution in [2.24, 2.45) is 0 Å². The van der Waals surface area contributed by atoms with E-state index in [-0.39, 0.29) is 18.8 Å². The molecule has 4 unspecified atom stereocenters. The summed E-state index contributed by atoms with van der Waals surface area (Å²) in [4.78, 5) is 0. The lowest BCUT2D eigenvalue weighted by Gasteiger charge is -2.23. The summed E-state index contributed by atoms with van der Waals surface area (Å²) in [5.41, 5.74) is 1.12. The van der Waals surface area contributed by atoms with Crippen LogP contribution in [0.4, 0.5) is 0 Å². The molecule has 0 bridgehead atoms. The fourth-order valence-electron chi connectivity index (χ4n) is 2.49. The number of aliphatic hydroxyl groups excluding tert-OH is 3. The van der Waals surface area contributed by atoms with E-state index in [2.05, 4.69) is 6.92 Å². The molecular formula is C14H22O4. The maximum Gasteiger partial charge on any atom is 0.117 e. The normalized spacial score (nSPS) is 35.1. The van der Waals surface area contributed by atoms with Gasteiger partial charge in [0, 0.05) is 0 Å². The lowest BCUT2D eigenvalue weighted by molar-refractivity contribution is 0.141. The van der Waals surface area contributed by atoms with Gasteiger partial charge in [-0.25, -0.2) is 0 Å². The van der Waals surface area contributed by atoms with Crippen LogP contribution in [0.2, 0.25) is 0 Å². The summed E-state index contributed by atoms with van der Waals surface area (Å²) in [5.74, 6) is 0. The number of unbranched alkanes of at least 4 members (excludes halogenated alkanes) is 3. The summed E-state index contributed by atoms with van der Waals surface area (Å²) in [6.45, 7) is 1.92. The summed E-state index contributed by atoms with van der Waals surface area (Å²) in [5, 5.41) is 29.3. The molecule has 2 aliphatic rings. The Morgan fingerprint density at radius 3 is 2.56 bits per heavy atom. The van der Waals surface area contributed by atoms with E-state index in [0.29, 0.717) is 11.1 Å². The predicted molar refractivity (Wildman–Crippen MR) is 68.1 cm³/mol. The summed E-state index contributed by atoms with van der Waals surface area (Å²) >= 11 is 0. The number of aliphatic hydroxyl groups is 3. The Morgan fingerprint density at radius 2 is 1.89 bits per heavy atom. The summed E-state index contributed by atoms with van der Waals surface area (Å²) < 4.78 is 5.22. The fourth-order valence-corrected chi connectivity index (χ4v) is 2.49. The third-order valence-corrected chi connectivity index (χ3v) is 3.67. The molecule has 0 radical (unpaired) electrons. The molecule has 0 amide bonds. The second-order valence-corrected chi connectivity index (χ2v) is 4.99. The third-order valence-electron chi connectivity index (χ3n) is 3.67. The molecule has 18 heavy (non-hydrogen) atoms. The Kier molecular flexibility index (Phi) is 4.56. The van der Waals surface area contributed by atoms with E-state index < -0.39 is 12.2 Å². The molecule has 1 heterocycles. The van der Waals surface area contributed by atoms with Gasteiger partial charge in [-0.1, -0.05) is 31.9 Å². The van der Waals surface area contributed by atoms with Crippen LogP contribution in [-0.2, 0) is 4.74 Å². The fraction of sp³-hybridized carbons (Fsp3) is 0.714. The van der Waals surface area contributed by atoms with Gasteiger partial charge in [-0.2, -0.15) is 0 Å². The number of hydrogen-bond acceptors (Lipinski definition) is 4. The van der Waals surface area contributed by atoms with Gasteiger partial charge in [0.1, 0.15) is 24.4 Å². The highest BCUT2D eigenvalue weighted by Crippen LogP contribution is 2.40. The minimum absolute atomic E-state index is 0.237. The van der Waals surface area contributed by atoms with Gasteiger partial charge in [0.25, 0.3) is 0 Å². The van der Waals surface area contributed by atoms with Gasteiger partial charge < -0.3 is 20.1 Å². The van der Waals surface area contributed by atoms with Crippen LogP contribution in [0.3, 0.4) is 0 Å². The van der Waals surface area contributed by atoms with Crippen LogP contribution in [0.25, 0.3) is 0 Å². The lowest BCUT2D eigenvalue weighted by Crippen LogP contribution is -2.35. The SMILES string of the molecule is CCCCCC=CC1=C(CO)C(O)C2OC2C1O. The molecule has 0 aromatic carbocycles. The van der Waals surface area contributed by atoms with Crippen LogP contribution in [0.1, 0.15) is 32.6 Å². The molecule has 4 nitrogen and oxygen atoms in total. The quantitative estimate of drug-likeness (QED) is 0.487. The van der Waals surface area contributed by atoms with Crippen LogP contribution in [0, 0.1) is 0 Å². The molecule has 2 rings (SSSR count). The van der Waals surface area contributed by atoms with Gasteiger partial charge >= 0.3 is 0 Å². The van der Waals surface area contributed by atoms with Crippen molar-refractivity contribution in [2.45, 2.75) is 57.0 Å². The van der Waals surface area contributed by atoms with Gasteiger partial charge in [0.05, 0.1) is 6.61 Å². The lowest BCUT2D eigenvalue weighted by atomic mass is 9.87. The Balaban J connectivity index is 2.02. The largest absolute Gasteiger partial charge is 0.392 e. The number of fused-ring (bicyclic) bond motifs is 1. The van der Waals surface area contributed by atoms with E-state index in [9.17, 15) is 15.3 Å². The van der Waals surface area contributed by atoms with Crippen LogP contribution in [-0.4, -0.2) is 46.3 Å². The topological polar surface area (TPSA) is 73.2 Å². The summed E-state index contributed by atoms with van der Waals surface area (Å²) in [6.07, 6.45) is 6.13. The van der Waals surface area contributed by atoms with Crippen molar-refractivity contribution in [3.05, 3.63) is 23.3 Å². The van der Waals surface area contributed by atoms with E-state index >= 15 is 0 Å². The number of ether oxygens (including phenoxy) is 1. The molecule has 0 saturated carbocycles. The first-order valence-corrected chi connectivity index (χ1v) is 6.72. The van der Waals surface area contributed by atoms with Crippen LogP contribution in [0.5, 0.6) is 0 Å². The highest BCUT2D eigenvalue weighted by Gasteiger charge is 2.54. The standard InChI is InChI=1S/C14H22O4/c1-2-3-4-5-6-7-9-10(8-15)12(17)14-13(18-14)11(9)16/h6-7,11-17H,2-5,8H2,1H3. The van der Waals surface area contributed by atoms with Crippen molar-refractivity contribution < 1.29 is 20.1 Å². The van der Waals surface area contributed by atoms with Crippen molar-refractivity contribution in [1.29, 1.82) is 0 Å². The average molecular weight is 254 g/mol. The number of hydrogen-bond donors (Lipinski definition) is 3. The third kappa shape index (κ3) is 2.67. The highest BCUT2D eigenvalue weighted by atomic mass is 16.6. The Bertz CT molecular complexity index is 348. The van der Waals surface area contributed by atoms with Gasteiger partial charge in [-0.3, -0.25) is 0 Å². The molecule has 1 aliphatic heterocycles. The number of allylic oxidation sites excluding steroid dienone is 1. The minimum atomic E-state index is -0.779. The molecule has 4 heteroatoms. The second kappa shape index (κ2) is 5.97. The molecule has 4 atom stereocenters. The van der Waals surface area contributed by atoms with E-state index in [1.54, 1.807) is 0 Å². The zero-order valence-corrected chi connectivity index (χ0v) is 10.7.